The lowest BCUT2D eigenvalue weighted by molar-refractivity contribution is -0.0178. The van der Waals surface area contributed by atoms with Crippen LogP contribution in [0.1, 0.15) is 39.5 Å². The summed E-state index contributed by atoms with van der Waals surface area (Å²) in [4.78, 5) is 0. The van der Waals surface area contributed by atoms with Crippen LogP contribution in [-0.4, -0.2) is 0 Å². The first kappa shape index (κ1) is 6.69. The standard InChI is InChI=1S/C10H18/c1-7(2)10-8-4-3-5-9(10)6-8/h7-10H,3-6H2,1-2H3. The maximum atomic E-state index is 2.40. The van der Waals surface area contributed by atoms with Gasteiger partial charge in [-0.2, -0.15) is 0 Å². The number of hydrogen-bond acceptors (Lipinski definition) is 0. The highest BCUT2D eigenvalue weighted by molar-refractivity contribution is 4.94. The van der Waals surface area contributed by atoms with E-state index in [2.05, 4.69) is 13.8 Å². The zero-order valence-electron chi connectivity index (χ0n) is 7.14. The fraction of sp³-hybridized carbons (Fsp3) is 1.00. The molecule has 3 fully saturated rings. The van der Waals surface area contributed by atoms with Crippen LogP contribution in [0.3, 0.4) is 0 Å². The highest BCUT2D eigenvalue weighted by atomic mass is 14.5. The Morgan fingerprint density at radius 3 is 2.00 bits per heavy atom. The summed E-state index contributed by atoms with van der Waals surface area (Å²) in [5.74, 6) is 4.36. The fourth-order valence-corrected chi connectivity index (χ4v) is 3.24. The normalized spacial score (nSPS) is 45.3. The molecule has 0 aromatic heterocycles. The van der Waals surface area contributed by atoms with Gasteiger partial charge in [0.1, 0.15) is 0 Å². The van der Waals surface area contributed by atoms with E-state index in [0.29, 0.717) is 0 Å². The topological polar surface area (TPSA) is 0 Å². The van der Waals surface area contributed by atoms with Gasteiger partial charge >= 0.3 is 0 Å². The van der Waals surface area contributed by atoms with Crippen LogP contribution in [-0.2, 0) is 0 Å². The Kier molecular flexibility index (Phi) is 1.51. The predicted octanol–water partition coefficient (Wildman–Crippen LogP) is 3.08. The lowest BCUT2D eigenvalue weighted by Gasteiger charge is -2.51. The van der Waals surface area contributed by atoms with E-state index in [-0.39, 0.29) is 0 Å². The first-order valence-electron chi connectivity index (χ1n) is 4.79. The fourth-order valence-electron chi connectivity index (χ4n) is 3.24. The van der Waals surface area contributed by atoms with Crippen molar-refractivity contribution in [1.29, 1.82) is 0 Å². The quantitative estimate of drug-likeness (QED) is 0.522. The second kappa shape index (κ2) is 2.25. The second-order valence-corrected chi connectivity index (χ2v) is 4.51. The minimum absolute atomic E-state index is 0.962. The molecule has 0 aliphatic heterocycles. The van der Waals surface area contributed by atoms with E-state index in [1.165, 1.54) is 6.42 Å². The molecule has 0 nitrogen and oxygen atoms in total. The van der Waals surface area contributed by atoms with Crippen molar-refractivity contribution in [2.45, 2.75) is 39.5 Å². The van der Waals surface area contributed by atoms with Crippen molar-refractivity contribution in [3.63, 3.8) is 0 Å². The zero-order valence-corrected chi connectivity index (χ0v) is 7.14. The Balaban J connectivity index is 1.99. The molecule has 0 spiro atoms. The van der Waals surface area contributed by atoms with Gasteiger partial charge in [-0.25, -0.2) is 0 Å². The first-order chi connectivity index (χ1) is 4.79. The Bertz CT molecular complexity index is 112. The average molecular weight is 138 g/mol. The molecule has 0 amide bonds. The molecule has 0 heteroatoms. The molecule has 3 saturated carbocycles. The third-order valence-corrected chi connectivity index (χ3v) is 3.61. The average Bonchev–Trinajstić information content (AvgIpc) is 1.87. The van der Waals surface area contributed by atoms with E-state index >= 15 is 0 Å². The maximum absolute atomic E-state index is 2.40. The summed E-state index contributed by atoms with van der Waals surface area (Å²) in [6, 6.07) is 0. The molecule has 2 bridgehead atoms. The van der Waals surface area contributed by atoms with Gasteiger partial charge < -0.3 is 0 Å². The molecule has 0 aromatic carbocycles. The van der Waals surface area contributed by atoms with E-state index in [0.717, 1.165) is 23.7 Å². The van der Waals surface area contributed by atoms with Gasteiger partial charge in [-0.3, -0.25) is 0 Å². The van der Waals surface area contributed by atoms with Gasteiger partial charge in [0.05, 0.1) is 0 Å². The summed E-state index contributed by atoms with van der Waals surface area (Å²) in [6.45, 7) is 4.80. The van der Waals surface area contributed by atoms with Gasteiger partial charge in [-0.15, -0.1) is 0 Å². The number of fused-ring (bicyclic) bond motifs is 2. The zero-order chi connectivity index (χ0) is 7.14. The van der Waals surface area contributed by atoms with E-state index < -0.39 is 0 Å². The van der Waals surface area contributed by atoms with Crippen LogP contribution in [0, 0.1) is 23.7 Å². The SMILES string of the molecule is CC(C)C1C2CCCC1C2. The van der Waals surface area contributed by atoms with Crippen molar-refractivity contribution in [2.75, 3.05) is 0 Å². The number of rotatable bonds is 1. The first-order valence-corrected chi connectivity index (χ1v) is 4.79. The molecule has 0 saturated heterocycles. The minimum Gasteiger partial charge on any atom is -0.0625 e. The molecule has 0 aromatic rings. The van der Waals surface area contributed by atoms with Gasteiger partial charge in [0.2, 0.25) is 0 Å². The molecule has 3 aliphatic carbocycles. The van der Waals surface area contributed by atoms with Crippen LogP contribution in [0.2, 0.25) is 0 Å². The smallest absolute Gasteiger partial charge is 0.0334 e. The largest absolute Gasteiger partial charge is 0.0625 e. The van der Waals surface area contributed by atoms with Crippen LogP contribution < -0.4 is 0 Å². The van der Waals surface area contributed by atoms with E-state index in [1.54, 1.807) is 19.3 Å². The Morgan fingerprint density at radius 1 is 1.10 bits per heavy atom. The third kappa shape index (κ3) is 0.810. The highest BCUT2D eigenvalue weighted by Gasteiger charge is 2.44. The van der Waals surface area contributed by atoms with Gasteiger partial charge in [0, 0.05) is 0 Å². The van der Waals surface area contributed by atoms with Crippen molar-refractivity contribution in [3.8, 4) is 0 Å². The maximum Gasteiger partial charge on any atom is -0.0334 e. The van der Waals surface area contributed by atoms with Gasteiger partial charge in [-0.1, -0.05) is 33.1 Å². The molecule has 10 heavy (non-hydrogen) atoms. The Labute approximate surface area is 64.0 Å². The van der Waals surface area contributed by atoms with Crippen molar-refractivity contribution in [3.05, 3.63) is 0 Å². The van der Waals surface area contributed by atoms with Crippen LogP contribution in [0.4, 0.5) is 0 Å². The summed E-state index contributed by atoms with van der Waals surface area (Å²) in [6.07, 6.45) is 6.18. The second-order valence-electron chi connectivity index (χ2n) is 4.51. The number of hydrogen-bond donors (Lipinski definition) is 0. The summed E-state index contributed by atoms with van der Waals surface area (Å²) in [5.41, 5.74) is 0. The lowest BCUT2D eigenvalue weighted by atomic mass is 9.54. The Hall–Kier alpha value is 0. The minimum atomic E-state index is 0.962. The summed E-state index contributed by atoms with van der Waals surface area (Å²) < 4.78 is 0. The van der Waals surface area contributed by atoms with Gasteiger partial charge in [0.15, 0.2) is 0 Å². The Morgan fingerprint density at radius 2 is 1.70 bits per heavy atom. The van der Waals surface area contributed by atoms with E-state index in [4.69, 9.17) is 0 Å². The molecule has 3 aliphatic rings. The summed E-state index contributed by atoms with van der Waals surface area (Å²) in [7, 11) is 0. The molecule has 0 radical (unpaired) electrons. The summed E-state index contributed by atoms with van der Waals surface area (Å²) in [5, 5.41) is 0. The van der Waals surface area contributed by atoms with Crippen molar-refractivity contribution < 1.29 is 0 Å². The van der Waals surface area contributed by atoms with Crippen LogP contribution in [0.25, 0.3) is 0 Å². The predicted molar refractivity (Wildman–Crippen MR) is 43.8 cm³/mol. The molecule has 58 valence electrons. The summed E-state index contributed by atoms with van der Waals surface area (Å²) >= 11 is 0. The molecule has 2 atom stereocenters. The molecular formula is C10H18. The van der Waals surface area contributed by atoms with Crippen molar-refractivity contribution >= 4 is 0 Å². The molecule has 0 N–H and O–H groups in total. The van der Waals surface area contributed by atoms with Crippen LogP contribution >= 0.6 is 0 Å². The van der Waals surface area contributed by atoms with Crippen LogP contribution in [0.15, 0.2) is 0 Å². The van der Waals surface area contributed by atoms with Gasteiger partial charge in [0.25, 0.3) is 0 Å². The van der Waals surface area contributed by atoms with E-state index in [9.17, 15) is 0 Å². The highest BCUT2D eigenvalue weighted by Crippen LogP contribution is 2.53. The third-order valence-electron chi connectivity index (χ3n) is 3.61. The monoisotopic (exact) mass is 138 g/mol. The lowest BCUT2D eigenvalue weighted by Crippen LogP contribution is -2.43. The van der Waals surface area contributed by atoms with Gasteiger partial charge in [-0.05, 0) is 30.1 Å². The molecule has 3 rings (SSSR count). The molecule has 0 heterocycles. The van der Waals surface area contributed by atoms with E-state index in [1.807, 2.05) is 0 Å². The van der Waals surface area contributed by atoms with Crippen molar-refractivity contribution in [1.82, 2.24) is 0 Å². The molecule has 2 unspecified atom stereocenters. The molecular weight excluding hydrogens is 120 g/mol. The van der Waals surface area contributed by atoms with Crippen LogP contribution in [0.5, 0.6) is 0 Å². The van der Waals surface area contributed by atoms with Crippen molar-refractivity contribution in [2.24, 2.45) is 23.7 Å².